The maximum absolute atomic E-state index is 11.9. The molecule has 1 aliphatic rings. The van der Waals surface area contributed by atoms with Crippen LogP contribution in [0.5, 0.6) is 0 Å². The van der Waals surface area contributed by atoms with Crippen molar-refractivity contribution in [3.63, 3.8) is 0 Å². The summed E-state index contributed by atoms with van der Waals surface area (Å²) in [4.78, 5) is 35.4. The van der Waals surface area contributed by atoms with Gasteiger partial charge in [-0.15, -0.1) is 0 Å². The van der Waals surface area contributed by atoms with Crippen molar-refractivity contribution in [1.29, 1.82) is 0 Å². The van der Waals surface area contributed by atoms with E-state index in [1.807, 2.05) is 0 Å². The molecule has 1 aliphatic heterocycles. The minimum absolute atomic E-state index is 0.298. The van der Waals surface area contributed by atoms with Gasteiger partial charge < -0.3 is 9.47 Å². The zero-order valence-electron chi connectivity index (χ0n) is 11.6. The van der Waals surface area contributed by atoms with Crippen molar-refractivity contribution in [1.82, 2.24) is 0 Å². The molecular formula is C15H16O5. The number of ketones is 1. The molecule has 0 N–H and O–H groups in total. The number of hydrogen-bond donors (Lipinski definition) is 0. The molecule has 1 aromatic rings. The van der Waals surface area contributed by atoms with Gasteiger partial charge in [-0.05, 0) is 26.0 Å². The molecule has 2 rings (SSSR count). The van der Waals surface area contributed by atoms with Crippen molar-refractivity contribution in [3.8, 4) is 0 Å². The van der Waals surface area contributed by atoms with Gasteiger partial charge in [0.1, 0.15) is 11.2 Å². The maximum atomic E-state index is 11.9. The Morgan fingerprint density at radius 3 is 2.35 bits per heavy atom. The van der Waals surface area contributed by atoms with Crippen LogP contribution in [-0.2, 0) is 19.1 Å². The molecule has 0 aliphatic carbocycles. The van der Waals surface area contributed by atoms with E-state index in [-0.39, 0.29) is 5.78 Å². The van der Waals surface area contributed by atoms with Crippen molar-refractivity contribution in [2.75, 3.05) is 0 Å². The summed E-state index contributed by atoms with van der Waals surface area (Å²) in [6.07, 6.45) is -1.04. The largest absolute Gasteiger partial charge is 0.424 e. The molecular weight excluding hydrogens is 260 g/mol. The fourth-order valence-electron chi connectivity index (χ4n) is 2.13. The van der Waals surface area contributed by atoms with Crippen LogP contribution >= 0.6 is 0 Å². The highest BCUT2D eigenvalue weighted by Crippen LogP contribution is 2.40. The Bertz CT molecular complexity index is 551. The number of hydrogen-bond acceptors (Lipinski definition) is 5. The van der Waals surface area contributed by atoms with Crippen LogP contribution in [-0.4, -0.2) is 24.0 Å². The van der Waals surface area contributed by atoms with Gasteiger partial charge in [0.05, 0.1) is 11.5 Å². The lowest BCUT2D eigenvalue weighted by Gasteiger charge is -2.22. The highest BCUT2D eigenvalue weighted by atomic mass is 16.7. The van der Waals surface area contributed by atoms with Crippen molar-refractivity contribution < 1.29 is 23.9 Å². The van der Waals surface area contributed by atoms with Gasteiger partial charge in [0.15, 0.2) is 0 Å². The van der Waals surface area contributed by atoms with Crippen molar-refractivity contribution in [2.24, 2.45) is 11.3 Å². The predicted molar refractivity (Wildman–Crippen MR) is 69.7 cm³/mol. The van der Waals surface area contributed by atoms with E-state index in [2.05, 4.69) is 0 Å². The lowest BCUT2D eigenvalue weighted by molar-refractivity contribution is -0.160. The summed E-state index contributed by atoms with van der Waals surface area (Å²) in [5.41, 5.74) is -0.895. The Labute approximate surface area is 116 Å². The van der Waals surface area contributed by atoms with E-state index in [1.165, 1.54) is 13.8 Å². The third kappa shape index (κ3) is 2.19. The molecule has 3 atom stereocenters. The predicted octanol–water partition coefficient (Wildman–Crippen LogP) is 1.96. The molecule has 1 heterocycles. The molecule has 1 fully saturated rings. The van der Waals surface area contributed by atoms with Gasteiger partial charge in [-0.25, -0.2) is 4.79 Å². The lowest BCUT2D eigenvalue weighted by atomic mass is 9.77. The molecule has 0 aromatic heterocycles. The first-order valence-corrected chi connectivity index (χ1v) is 6.35. The highest BCUT2D eigenvalue weighted by molar-refractivity contribution is 6.04. The second kappa shape index (κ2) is 5.07. The Kier molecular flexibility index (Phi) is 3.61. The number of Topliss-reactive ketones (excluding diaryl/α,β-unsaturated/α-hetero) is 1. The number of rotatable bonds is 3. The summed E-state index contributed by atoms with van der Waals surface area (Å²) in [6, 6.07) is 8.41. The van der Waals surface area contributed by atoms with Crippen molar-refractivity contribution in [3.05, 3.63) is 35.9 Å². The van der Waals surface area contributed by atoms with Crippen LogP contribution in [0.1, 0.15) is 31.1 Å². The minimum atomic E-state index is -1.26. The molecule has 5 heteroatoms. The second-order valence-electron chi connectivity index (χ2n) is 5.09. The first-order valence-electron chi connectivity index (χ1n) is 6.35. The molecule has 106 valence electrons. The number of esters is 2. The van der Waals surface area contributed by atoms with Crippen LogP contribution in [0.15, 0.2) is 30.3 Å². The van der Waals surface area contributed by atoms with Gasteiger partial charge in [-0.2, -0.15) is 0 Å². The molecule has 0 bridgehead atoms. The number of carbonyl (C=O) groups is 3. The lowest BCUT2D eigenvalue weighted by Crippen LogP contribution is -2.37. The zero-order chi connectivity index (χ0) is 14.9. The van der Waals surface area contributed by atoms with E-state index >= 15 is 0 Å². The van der Waals surface area contributed by atoms with E-state index in [4.69, 9.17) is 9.47 Å². The number of cyclic esters (lactones) is 1. The van der Waals surface area contributed by atoms with Crippen LogP contribution in [0.2, 0.25) is 0 Å². The van der Waals surface area contributed by atoms with Crippen molar-refractivity contribution in [2.45, 2.75) is 27.1 Å². The molecule has 20 heavy (non-hydrogen) atoms. The van der Waals surface area contributed by atoms with E-state index in [0.717, 1.165) is 0 Å². The summed E-state index contributed by atoms with van der Waals surface area (Å²) in [7, 11) is 0. The van der Waals surface area contributed by atoms with Gasteiger partial charge in [0.2, 0.25) is 0 Å². The maximum Gasteiger partial charge on any atom is 0.341 e. The third-order valence-electron chi connectivity index (χ3n) is 3.93. The quantitative estimate of drug-likeness (QED) is 0.623. The van der Waals surface area contributed by atoms with Gasteiger partial charge in [0.25, 0.3) is 6.29 Å². The molecule has 0 spiro atoms. The average molecular weight is 276 g/mol. The molecule has 0 amide bonds. The number of ether oxygens (including phenoxy) is 2. The topological polar surface area (TPSA) is 69.7 Å². The van der Waals surface area contributed by atoms with E-state index in [0.29, 0.717) is 5.56 Å². The molecule has 5 nitrogen and oxygen atoms in total. The monoisotopic (exact) mass is 276 g/mol. The fourth-order valence-corrected chi connectivity index (χ4v) is 2.13. The van der Waals surface area contributed by atoms with E-state index in [9.17, 15) is 14.4 Å². The number of carbonyl (C=O) groups excluding carboxylic acids is 3. The second-order valence-corrected chi connectivity index (χ2v) is 5.09. The summed E-state index contributed by atoms with van der Waals surface area (Å²) < 4.78 is 10.2. The zero-order valence-corrected chi connectivity index (χ0v) is 11.6. The minimum Gasteiger partial charge on any atom is -0.424 e. The Balaban J connectivity index is 2.15. The summed E-state index contributed by atoms with van der Waals surface area (Å²) >= 11 is 0. The summed E-state index contributed by atoms with van der Waals surface area (Å²) in [5, 5.41) is 0. The van der Waals surface area contributed by atoms with Crippen LogP contribution in [0, 0.1) is 11.3 Å². The van der Waals surface area contributed by atoms with E-state index in [1.54, 1.807) is 37.3 Å². The van der Waals surface area contributed by atoms with Crippen LogP contribution in [0.4, 0.5) is 0 Å². The first-order chi connectivity index (χ1) is 9.37. The first kappa shape index (κ1) is 14.2. The SMILES string of the molecule is CC(=O)[C@@]1(C)C(=O)O[C@@H](OC(=O)c2ccccc2)[C@H]1C. The highest BCUT2D eigenvalue weighted by Gasteiger charge is 2.56. The third-order valence-corrected chi connectivity index (χ3v) is 3.93. The van der Waals surface area contributed by atoms with Crippen LogP contribution in [0.25, 0.3) is 0 Å². The Hall–Kier alpha value is -2.17. The smallest absolute Gasteiger partial charge is 0.341 e. The van der Waals surface area contributed by atoms with Crippen LogP contribution in [0.3, 0.4) is 0 Å². The average Bonchev–Trinajstić information content (AvgIpc) is 2.65. The summed E-state index contributed by atoms with van der Waals surface area (Å²) in [6.45, 7) is 4.51. The molecule has 0 saturated carbocycles. The normalized spacial score (nSPS) is 28.9. The van der Waals surface area contributed by atoms with Crippen LogP contribution < -0.4 is 0 Å². The van der Waals surface area contributed by atoms with Crippen molar-refractivity contribution >= 4 is 17.7 Å². The van der Waals surface area contributed by atoms with Gasteiger partial charge in [-0.3, -0.25) is 9.59 Å². The molecule has 0 radical (unpaired) electrons. The standard InChI is InChI=1S/C15H16O5/c1-9-13(20-14(18)15(9,3)10(2)16)19-12(17)11-7-5-4-6-8-11/h4-9,13H,1-3H3/t9-,13-,15+/m1/s1. The molecule has 1 saturated heterocycles. The Morgan fingerprint density at radius 1 is 1.25 bits per heavy atom. The number of benzene rings is 1. The van der Waals surface area contributed by atoms with E-state index < -0.39 is 29.6 Å². The van der Waals surface area contributed by atoms with Gasteiger partial charge in [0, 0.05) is 0 Å². The molecule has 1 aromatic carbocycles. The molecule has 0 unspecified atom stereocenters. The Morgan fingerprint density at radius 2 is 1.85 bits per heavy atom. The fraction of sp³-hybridized carbons (Fsp3) is 0.400. The van der Waals surface area contributed by atoms with Gasteiger partial charge in [-0.1, -0.05) is 25.1 Å². The van der Waals surface area contributed by atoms with Gasteiger partial charge >= 0.3 is 11.9 Å². The summed E-state index contributed by atoms with van der Waals surface area (Å²) in [5.74, 6) is -2.06.